The summed E-state index contributed by atoms with van der Waals surface area (Å²) in [5.41, 5.74) is 0.793. The number of hydrogen-bond acceptors (Lipinski definition) is 3. The van der Waals surface area contributed by atoms with E-state index in [1.807, 2.05) is 0 Å². The lowest BCUT2D eigenvalue weighted by Gasteiger charge is -2.03. The van der Waals surface area contributed by atoms with Crippen molar-refractivity contribution in [3.8, 4) is 11.8 Å². The number of nitrogens with one attached hydrogen (secondary N) is 1. The van der Waals surface area contributed by atoms with Crippen molar-refractivity contribution in [1.29, 1.82) is 0 Å². The lowest BCUT2D eigenvalue weighted by atomic mass is 10.3. The Balaban J connectivity index is 2.56. The number of hydrogen-bond donors (Lipinski definition) is 2. The molecular weight excluding hydrogens is 192 g/mol. The Labute approximate surface area is 88.3 Å². The van der Waals surface area contributed by atoms with Gasteiger partial charge >= 0.3 is 5.97 Å². The van der Waals surface area contributed by atoms with E-state index in [9.17, 15) is 4.79 Å². The fourth-order valence-corrected chi connectivity index (χ4v) is 1.05. The Morgan fingerprint density at radius 1 is 1.67 bits per heavy atom. The summed E-state index contributed by atoms with van der Waals surface area (Å²) < 4.78 is 0. The van der Waals surface area contributed by atoms with E-state index in [0.717, 1.165) is 12.1 Å². The second-order valence-corrected chi connectivity index (χ2v) is 2.84. The number of anilines is 1. The fraction of sp³-hybridized carbons (Fsp3) is 0.273. The molecule has 0 amide bonds. The smallest absolute Gasteiger partial charge is 0.354 e. The topological polar surface area (TPSA) is 62.2 Å². The van der Waals surface area contributed by atoms with Gasteiger partial charge in [0.05, 0.1) is 0 Å². The van der Waals surface area contributed by atoms with Crippen LogP contribution in [0.2, 0.25) is 0 Å². The van der Waals surface area contributed by atoms with Crippen LogP contribution < -0.4 is 5.32 Å². The highest BCUT2D eigenvalue weighted by atomic mass is 16.4. The number of carboxylic acids is 1. The van der Waals surface area contributed by atoms with Gasteiger partial charge in [-0.05, 0) is 19.1 Å². The maximum absolute atomic E-state index is 10.6. The van der Waals surface area contributed by atoms with E-state index >= 15 is 0 Å². The average Bonchev–Trinajstić information content (AvgIpc) is 2.25. The first-order chi connectivity index (χ1) is 7.24. The Hall–Kier alpha value is -2.02. The Morgan fingerprint density at radius 2 is 2.47 bits per heavy atom. The zero-order valence-corrected chi connectivity index (χ0v) is 8.45. The first-order valence-corrected chi connectivity index (χ1v) is 4.57. The molecule has 15 heavy (non-hydrogen) atoms. The van der Waals surface area contributed by atoms with Crippen LogP contribution in [0.1, 0.15) is 23.8 Å². The molecule has 78 valence electrons. The van der Waals surface area contributed by atoms with Gasteiger partial charge < -0.3 is 10.4 Å². The molecule has 0 aliphatic rings. The molecule has 0 bridgehead atoms. The zero-order valence-electron chi connectivity index (χ0n) is 8.45. The zero-order chi connectivity index (χ0) is 11.1. The SMILES string of the molecule is CC#CCCNc1ccnc(C(=O)O)c1. The molecule has 0 aliphatic heterocycles. The largest absolute Gasteiger partial charge is 0.477 e. The molecule has 0 aliphatic carbocycles. The molecule has 0 spiro atoms. The predicted octanol–water partition coefficient (Wildman–Crippen LogP) is 1.61. The Morgan fingerprint density at radius 3 is 3.13 bits per heavy atom. The molecule has 0 radical (unpaired) electrons. The number of aromatic carboxylic acids is 1. The summed E-state index contributed by atoms with van der Waals surface area (Å²) in [4.78, 5) is 14.3. The highest BCUT2D eigenvalue weighted by Gasteiger charge is 2.03. The molecule has 0 saturated heterocycles. The highest BCUT2D eigenvalue weighted by molar-refractivity contribution is 5.86. The maximum atomic E-state index is 10.6. The second kappa shape index (κ2) is 5.66. The monoisotopic (exact) mass is 204 g/mol. The van der Waals surface area contributed by atoms with Crippen molar-refractivity contribution in [2.45, 2.75) is 13.3 Å². The fourth-order valence-electron chi connectivity index (χ4n) is 1.05. The number of nitrogens with zero attached hydrogens (tertiary/aromatic N) is 1. The molecule has 0 atom stereocenters. The van der Waals surface area contributed by atoms with E-state index in [2.05, 4.69) is 22.1 Å². The number of carbonyl (C=O) groups is 1. The molecule has 0 unspecified atom stereocenters. The lowest BCUT2D eigenvalue weighted by molar-refractivity contribution is 0.0690. The van der Waals surface area contributed by atoms with Gasteiger partial charge in [0.25, 0.3) is 0 Å². The van der Waals surface area contributed by atoms with Gasteiger partial charge in [-0.2, -0.15) is 0 Å². The summed E-state index contributed by atoms with van der Waals surface area (Å²) in [5, 5.41) is 11.8. The van der Waals surface area contributed by atoms with Crippen LogP contribution in [0.25, 0.3) is 0 Å². The summed E-state index contributed by atoms with van der Waals surface area (Å²) in [6.45, 7) is 2.49. The van der Waals surface area contributed by atoms with Crippen molar-refractivity contribution >= 4 is 11.7 Å². The lowest BCUT2D eigenvalue weighted by Crippen LogP contribution is -2.04. The van der Waals surface area contributed by atoms with E-state index in [0.29, 0.717) is 6.54 Å². The van der Waals surface area contributed by atoms with Crippen LogP contribution in [0, 0.1) is 11.8 Å². The number of pyridine rings is 1. The molecular formula is C11H12N2O2. The first kappa shape index (κ1) is 11.1. The molecule has 1 aromatic heterocycles. The van der Waals surface area contributed by atoms with Crippen LogP contribution in [-0.2, 0) is 0 Å². The molecule has 0 aromatic carbocycles. The van der Waals surface area contributed by atoms with Crippen molar-refractivity contribution in [3.05, 3.63) is 24.0 Å². The maximum Gasteiger partial charge on any atom is 0.354 e. The number of aromatic nitrogens is 1. The van der Waals surface area contributed by atoms with Gasteiger partial charge in [-0.1, -0.05) is 0 Å². The van der Waals surface area contributed by atoms with Crippen molar-refractivity contribution in [3.63, 3.8) is 0 Å². The van der Waals surface area contributed by atoms with Gasteiger partial charge in [-0.25, -0.2) is 9.78 Å². The van der Waals surface area contributed by atoms with Crippen LogP contribution in [0.5, 0.6) is 0 Å². The van der Waals surface area contributed by atoms with E-state index in [1.54, 1.807) is 13.0 Å². The molecule has 1 heterocycles. The van der Waals surface area contributed by atoms with Crippen LogP contribution >= 0.6 is 0 Å². The van der Waals surface area contributed by atoms with E-state index < -0.39 is 5.97 Å². The third-order valence-electron chi connectivity index (χ3n) is 1.73. The first-order valence-electron chi connectivity index (χ1n) is 4.57. The van der Waals surface area contributed by atoms with Crippen molar-refractivity contribution in [2.24, 2.45) is 0 Å². The van der Waals surface area contributed by atoms with E-state index in [-0.39, 0.29) is 5.69 Å². The molecule has 1 rings (SSSR count). The van der Waals surface area contributed by atoms with Gasteiger partial charge in [0, 0.05) is 24.8 Å². The second-order valence-electron chi connectivity index (χ2n) is 2.84. The summed E-state index contributed by atoms with van der Waals surface area (Å²) in [7, 11) is 0. The van der Waals surface area contributed by atoms with Crippen LogP contribution in [0.4, 0.5) is 5.69 Å². The molecule has 0 fully saturated rings. The molecule has 4 nitrogen and oxygen atoms in total. The third-order valence-corrected chi connectivity index (χ3v) is 1.73. The summed E-state index contributed by atoms with van der Waals surface area (Å²) in [6.07, 6.45) is 2.21. The minimum atomic E-state index is -1.02. The highest BCUT2D eigenvalue weighted by Crippen LogP contribution is 2.07. The van der Waals surface area contributed by atoms with Gasteiger partial charge in [-0.15, -0.1) is 11.8 Å². The molecule has 0 saturated carbocycles. The number of carboxylic acid groups (broad SMARTS) is 1. The number of rotatable bonds is 4. The minimum absolute atomic E-state index is 0.0431. The predicted molar refractivity (Wildman–Crippen MR) is 57.8 cm³/mol. The third kappa shape index (κ3) is 3.69. The van der Waals surface area contributed by atoms with Crippen molar-refractivity contribution in [2.75, 3.05) is 11.9 Å². The standard InChI is InChI=1S/C11H12N2O2/c1-2-3-4-6-12-9-5-7-13-10(8-9)11(14)15/h5,7-8H,4,6H2,1H3,(H,12,13)(H,14,15). The van der Waals surface area contributed by atoms with Crippen LogP contribution in [0.3, 0.4) is 0 Å². The van der Waals surface area contributed by atoms with E-state index in [4.69, 9.17) is 5.11 Å². The molecule has 4 heteroatoms. The van der Waals surface area contributed by atoms with Gasteiger partial charge in [-0.3, -0.25) is 0 Å². The van der Waals surface area contributed by atoms with Crippen molar-refractivity contribution in [1.82, 2.24) is 4.98 Å². The Kier molecular flexibility index (Phi) is 4.17. The summed E-state index contributed by atoms with van der Waals surface area (Å²) >= 11 is 0. The average molecular weight is 204 g/mol. The Bertz CT molecular complexity index is 405. The quantitative estimate of drug-likeness (QED) is 0.577. The van der Waals surface area contributed by atoms with Crippen LogP contribution in [0.15, 0.2) is 18.3 Å². The summed E-state index contributed by atoms with van der Waals surface area (Å²) in [6, 6.07) is 3.23. The van der Waals surface area contributed by atoms with Crippen molar-refractivity contribution < 1.29 is 9.90 Å². The van der Waals surface area contributed by atoms with Gasteiger partial charge in [0.2, 0.25) is 0 Å². The van der Waals surface area contributed by atoms with E-state index in [1.165, 1.54) is 12.3 Å². The minimum Gasteiger partial charge on any atom is -0.477 e. The van der Waals surface area contributed by atoms with Crippen LogP contribution in [-0.4, -0.2) is 22.6 Å². The normalized spacial score (nSPS) is 8.87. The summed E-state index contributed by atoms with van der Waals surface area (Å²) in [5.74, 6) is 4.68. The molecule has 2 N–H and O–H groups in total. The molecule has 1 aromatic rings. The van der Waals surface area contributed by atoms with Gasteiger partial charge in [0.15, 0.2) is 0 Å². The van der Waals surface area contributed by atoms with Gasteiger partial charge in [0.1, 0.15) is 5.69 Å².